The monoisotopic (exact) mass is 471 g/mol. The third kappa shape index (κ3) is 6.21. The SMILES string of the molecule is Cc1ccc(S(=O)(=O)N2CCC(C(=O)NCc3ccc(NC(=O)C(C)C)cc3)CC2)cc1C. The summed E-state index contributed by atoms with van der Waals surface area (Å²) < 4.78 is 27.4. The fourth-order valence-electron chi connectivity index (χ4n) is 3.71. The van der Waals surface area contributed by atoms with Gasteiger partial charge in [0.05, 0.1) is 4.90 Å². The summed E-state index contributed by atoms with van der Waals surface area (Å²) in [7, 11) is -3.55. The van der Waals surface area contributed by atoms with E-state index < -0.39 is 10.0 Å². The average molecular weight is 472 g/mol. The molecule has 0 bridgehead atoms. The molecule has 0 aromatic heterocycles. The van der Waals surface area contributed by atoms with Gasteiger partial charge in [-0.05, 0) is 67.6 Å². The van der Waals surface area contributed by atoms with Crippen molar-refractivity contribution in [2.75, 3.05) is 18.4 Å². The van der Waals surface area contributed by atoms with Crippen molar-refractivity contribution in [2.45, 2.75) is 52.0 Å². The number of carbonyl (C=O) groups is 2. The number of rotatable bonds is 7. The van der Waals surface area contributed by atoms with E-state index in [1.165, 1.54) is 4.31 Å². The first-order valence-corrected chi connectivity index (χ1v) is 12.8. The molecule has 8 heteroatoms. The maximum atomic E-state index is 13.0. The average Bonchev–Trinajstić information content (AvgIpc) is 2.80. The zero-order valence-corrected chi connectivity index (χ0v) is 20.5. The van der Waals surface area contributed by atoms with Crippen molar-refractivity contribution in [1.82, 2.24) is 9.62 Å². The van der Waals surface area contributed by atoms with E-state index >= 15 is 0 Å². The van der Waals surface area contributed by atoms with Crippen LogP contribution >= 0.6 is 0 Å². The minimum absolute atomic E-state index is 0.0399. The summed E-state index contributed by atoms with van der Waals surface area (Å²) in [6, 6.07) is 12.6. The number of nitrogens with zero attached hydrogens (tertiary/aromatic N) is 1. The molecule has 2 N–H and O–H groups in total. The molecule has 0 saturated carbocycles. The van der Waals surface area contributed by atoms with Crippen molar-refractivity contribution in [3.05, 3.63) is 59.2 Å². The van der Waals surface area contributed by atoms with E-state index in [0.717, 1.165) is 22.4 Å². The molecular weight excluding hydrogens is 438 g/mol. The molecule has 1 aliphatic heterocycles. The van der Waals surface area contributed by atoms with Crippen molar-refractivity contribution < 1.29 is 18.0 Å². The number of benzene rings is 2. The lowest BCUT2D eigenvalue weighted by atomic mass is 9.97. The molecule has 1 heterocycles. The van der Waals surface area contributed by atoms with E-state index in [4.69, 9.17) is 0 Å². The number of hydrogen-bond acceptors (Lipinski definition) is 4. The first kappa shape index (κ1) is 24.9. The van der Waals surface area contributed by atoms with Crippen LogP contribution < -0.4 is 10.6 Å². The molecule has 2 aromatic carbocycles. The predicted molar refractivity (Wildman–Crippen MR) is 129 cm³/mol. The maximum Gasteiger partial charge on any atom is 0.243 e. The van der Waals surface area contributed by atoms with E-state index in [-0.39, 0.29) is 23.7 Å². The Kier molecular flexibility index (Phi) is 7.92. The smallest absolute Gasteiger partial charge is 0.243 e. The van der Waals surface area contributed by atoms with Gasteiger partial charge in [-0.1, -0.05) is 32.0 Å². The molecule has 2 aromatic rings. The highest BCUT2D eigenvalue weighted by Crippen LogP contribution is 2.25. The lowest BCUT2D eigenvalue weighted by molar-refractivity contribution is -0.126. The molecule has 0 radical (unpaired) electrons. The van der Waals surface area contributed by atoms with Crippen LogP contribution in [-0.4, -0.2) is 37.6 Å². The number of sulfonamides is 1. The van der Waals surface area contributed by atoms with Gasteiger partial charge < -0.3 is 10.6 Å². The molecule has 1 aliphatic rings. The van der Waals surface area contributed by atoms with Gasteiger partial charge in [0.25, 0.3) is 0 Å². The Hall–Kier alpha value is -2.71. The van der Waals surface area contributed by atoms with Gasteiger partial charge in [0, 0.05) is 37.2 Å². The summed E-state index contributed by atoms with van der Waals surface area (Å²) in [5.74, 6) is -0.399. The van der Waals surface area contributed by atoms with Gasteiger partial charge >= 0.3 is 0 Å². The third-order valence-electron chi connectivity index (χ3n) is 6.15. The summed E-state index contributed by atoms with van der Waals surface area (Å²) in [6.07, 6.45) is 0.992. The van der Waals surface area contributed by atoms with Gasteiger partial charge in [-0.25, -0.2) is 8.42 Å². The van der Waals surface area contributed by atoms with Crippen LogP contribution in [0.2, 0.25) is 0 Å². The van der Waals surface area contributed by atoms with Crippen molar-refractivity contribution in [2.24, 2.45) is 11.8 Å². The summed E-state index contributed by atoms with van der Waals surface area (Å²) in [4.78, 5) is 24.7. The largest absolute Gasteiger partial charge is 0.352 e. The lowest BCUT2D eigenvalue weighted by Gasteiger charge is -2.30. The Bertz CT molecular complexity index is 1100. The van der Waals surface area contributed by atoms with Crippen LogP contribution in [-0.2, 0) is 26.2 Å². The minimum atomic E-state index is -3.55. The molecular formula is C25H33N3O4S. The zero-order chi connectivity index (χ0) is 24.2. The Morgan fingerprint density at radius 3 is 2.21 bits per heavy atom. The molecule has 3 rings (SSSR count). The second kappa shape index (κ2) is 10.5. The first-order valence-electron chi connectivity index (χ1n) is 11.3. The number of anilines is 1. The number of aryl methyl sites for hydroxylation is 2. The third-order valence-corrected chi connectivity index (χ3v) is 8.05. The first-order chi connectivity index (χ1) is 15.6. The van der Waals surface area contributed by atoms with Gasteiger partial charge in [-0.2, -0.15) is 4.31 Å². The zero-order valence-electron chi connectivity index (χ0n) is 19.7. The quantitative estimate of drug-likeness (QED) is 0.645. The van der Waals surface area contributed by atoms with Gasteiger partial charge in [-0.3, -0.25) is 9.59 Å². The van der Waals surface area contributed by atoms with Crippen LogP contribution in [0, 0.1) is 25.7 Å². The molecule has 0 unspecified atom stereocenters. The topological polar surface area (TPSA) is 95.6 Å². The Morgan fingerprint density at radius 2 is 1.64 bits per heavy atom. The fraction of sp³-hybridized carbons (Fsp3) is 0.440. The maximum absolute atomic E-state index is 13.0. The highest BCUT2D eigenvalue weighted by Gasteiger charge is 2.32. The van der Waals surface area contributed by atoms with Gasteiger partial charge in [0.1, 0.15) is 0 Å². The fourth-order valence-corrected chi connectivity index (χ4v) is 5.26. The van der Waals surface area contributed by atoms with E-state index in [0.29, 0.717) is 37.4 Å². The molecule has 1 saturated heterocycles. The Balaban J connectivity index is 1.50. The number of hydrogen-bond donors (Lipinski definition) is 2. The molecule has 33 heavy (non-hydrogen) atoms. The molecule has 178 valence electrons. The molecule has 0 atom stereocenters. The molecule has 7 nitrogen and oxygen atoms in total. The molecule has 0 aliphatic carbocycles. The van der Waals surface area contributed by atoms with Crippen molar-refractivity contribution in [3.8, 4) is 0 Å². The molecule has 0 spiro atoms. The summed E-state index contributed by atoms with van der Waals surface area (Å²) in [6.45, 7) is 8.58. The van der Waals surface area contributed by atoms with E-state index in [2.05, 4.69) is 10.6 Å². The highest BCUT2D eigenvalue weighted by molar-refractivity contribution is 7.89. The Morgan fingerprint density at radius 1 is 1.00 bits per heavy atom. The van der Waals surface area contributed by atoms with Gasteiger partial charge in [-0.15, -0.1) is 0 Å². The molecule has 2 amide bonds. The minimum Gasteiger partial charge on any atom is -0.352 e. The van der Waals surface area contributed by atoms with E-state index in [1.54, 1.807) is 12.1 Å². The van der Waals surface area contributed by atoms with Crippen LogP contribution in [0.3, 0.4) is 0 Å². The second-order valence-corrected chi connectivity index (χ2v) is 10.9. The van der Waals surface area contributed by atoms with Gasteiger partial charge in [0.2, 0.25) is 21.8 Å². The van der Waals surface area contributed by atoms with Crippen molar-refractivity contribution >= 4 is 27.5 Å². The van der Waals surface area contributed by atoms with Gasteiger partial charge in [0.15, 0.2) is 0 Å². The van der Waals surface area contributed by atoms with Crippen LogP contribution in [0.4, 0.5) is 5.69 Å². The summed E-state index contributed by atoms with van der Waals surface area (Å²) >= 11 is 0. The van der Waals surface area contributed by atoms with Crippen LogP contribution in [0.5, 0.6) is 0 Å². The van der Waals surface area contributed by atoms with E-state index in [1.807, 2.05) is 58.0 Å². The van der Waals surface area contributed by atoms with Crippen LogP contribution in [0.25, 0.3) is 0 Å². The number of nitrogens with one attached hydrogen (secondary N) is 2. The summed E-state index contributed by atoms with van der Waals surface area (Å²) in [5.41, 5.74) is 3.65. The van der Waals surface area contributed by atoms with E-state index in [9.17, 15) is 18.0 Å². The molecule has 1 fully saturated rings. The number of carbonyl (C=O) groups excluding carboxylic acids is 2. The number of piperidine rings is 1. The second-order valence-electron chi connectivity index (χ2n) is 8.98. The van der Waals surface area contributed by atoms with Crippen molar-refractivity contribution in [1.29, 1.82) is 0 Å². The van der Waals surface area contributed by atoms with Crippen LogP contribution in [0.1, 0.15) is 43.4 Å². The Labute approximate surface area is 196 Å². The predicted octanol–water partition coefficient (Wildman–Crippen LogP) is 3.62. The summed E-state index contributed by atoms with van der Waals surface area (Å²) in [5, 5.41) is 5.79. The van der Waals surface area contributed by atoms with Crippen molar-refractivity contribution in [3.63, 3.8) is 0 Å². The lowest BCUT2D eigenvalue weighted by Crippen LogP contribution is -2.42. The number of amides is 2. The van der Waals surface area contributed by atoms with Crippen LogP contribution in [0.15, 0.2) is 47.4 Å². The standard InChI is InChI=1S/C25H33N3O4S/c1-17(2)24(29)27-22-8-6-20(7-9-22)16-26-25(30)21-11-13-28(14-12-21)33(31,32)23-10-5-18(3)19(4)15-23/h5-10,15,17,21H,11-14,16H2,1-4H3,(H,26,30)(H,27,29). The normalized spacial score (nSPS) is 15.4. The highest BCUT2D eigenvalue weighted by atomic mass is 32.2.